The first-order valence-corrected chi connectivity index (χ1v) is 15.4. The van der Waals surface area contributed by atoms with Crippen LogP contribution in [0, 0.1) is 22.2 Å². The van der Waals surface area contributed by atoms with Crippen molar-refractivity contribution in [3.8, 4) is 0 Å². The third kappa shape index (κ3) is 6.06. The Morgan fingerprint density at radius 3 is 2.23 bits per heavy atom. The summed E-state index contributed by atoms with van der Waals surface area (Å²) in [6.07, 6.45) is 4.87. The minimum Gasteiger partial charge on any atom is -0.363 e. The van der Waals surface area contributed by atoms with Gasteiger partial charge >= 0.3 is 0 Å². The van der Waals surface area contributed by atoms with Gasteiger partial charge in [0.15, 0.2) is 5.13 Å². The van der Waals surface area contributed by atoms with E-state index in [1.807, 2.05) is 26.2 Å². The first kappa shape index (κ1) is 30.5. The number of nitrogens with two attached hydrogens (primary N) is 1. The number of nitrogens with one attached hydrogen (secondary N) is 2. The highest BCUT2D eigenvalue weighted by atomic mass is 32.1. The van der Waals surface area contributed by atoms with E-state index in [4.69, 9.17) is 10.7 Å². The fraction of sp³-hybridized carbons (Fsp3) is 0.767. The van der Waals surface area contributed by atoms with Crippen LogP contribution in [-0.2, 0) is 24.6 Å². The summed E-state index contributed by atoms with van der Waals surface area (Å²) in [5, 5.41) is 8.94. The molecule has 3 amide bonds. The molecule has 1 saturated heterocycles. The van der Waals surface area contributed by atoms with Crippen molar-refractivity contribution in [2.45, 2.75) is 117 Å². The van der Waals surface area contributed by atoms with Crippen LogP contribution < -0.4 is 16.4 Å². The van der Waals surface area contributed by atoms with Gasteiger partial charge in [0.25, 0.3) is 5.91 Å². The molecular weight excluding hydrogens is 526 g/mol. The van der Waals surface area contributed by atoms with Crippen molar-refractivity contribution >= 4 is 40.0 Å². The Labute approximate surface area is 242 Å². The minimum atomic E-state index is -1.04. The fourth-order valence-corrected chi connectivity index (χ4v) is 7.19. The van der Waals surface area contributed by atoms with E-state index < -0.39 is 35.2 Å². The predicted octanol–water partition coefficient (Wildman–Crippen LogP) is 4.01. The van der Waals surface area contributed by atoms with E-state index >= 15 is 0 Å². The number of nitrogens with zero attached hydrogens (tertiary/aromatic N) is 2. The van der Waals surface area contributed by atoms with E-state index in [1.165, 1.54) is 11.3 Å². The molecule has 2 saturated carbocycles. The average Bonchev–Trinajstić information content (AvgIpc) is 3.18. The van der Waals surface area contributed by atoms with Gasteiger partial charge in [-0.25, -0.2) is 4.98 Å². The van der Waals surface area contributed by atoms with Crippen molar-refractivity contribution in [1.29, 1.82) is 0 Å². The van der Waals surface area contributed by atoms with Crippen LogP contribution in [0.5, 0.6) is 0 Å². The van der Waals surface area contributed by atoms with Crippen molar-refractivity contribution in [2.75, 3.05) is 11.9 Å². The molecule has 4 N–H and O–H groups in total. The zero-order valence-corrected chi connectivity index (χ0v) is 26.2. The molecule has 9 nitrogen and oxygen atoms in total. The van der Waals surface area contributed by atoms with Crippen LogP contribution >= 0.6 is 11.3 Å². The highest BCUT2D eigenvalue weighted by Crippen LogP contribution is 2.69. The van der Waals surface area contributed by atoms with Crippen molar-refractivity contribution in [2.24, 2.45) is 27.9 Å². The second-order valence-corrected chi connectivity index (χ2v) is 15.9. The molecule has 3 aliphatic rings. The zero-order valence-electron chi connectivity index (χ0n) is 25.3. The van der Waals surface area contributed by atoms with Crippen LogP contribution in [0.1, 0.15) is 99.6 Å². The van der Waals surface area contributed by atoms with E-state index in [-0.39, 0.29) is 34.0 Å². The number of thiazole rings is 1. The molecule has 1 aromatic rings. The van der Waals surface area contributed by atoms with Gasteiger partial charge in [0.2, 0.25) is 17.6 Å². The molecule has 0 radical (unpaired) electrons. The molecule has 2 aliphatic carbocycles. The number of anilines is 1. The summed E-state index contributed by atoms with van der Waals surface area (Å²) in [5.74, 6) is -2.07. The number of likely N-dealkylation sites (tertiary alicyclic amines) is 1. The number of Topliss-reactive ketones (excluding diaryl/α,β-unsaturated/α-hetero) is 1. The van der Waals surface area contributed by atoms with Crippen LogP contribution in [0.25, 0.3) is 0 Å². The predicted molar refractivity (Wildman–Crippen MR) is 157 cm³/mol. The third-order valence-electron chi connectivity index (χ3n) is 9.43. The van der Waals surface area contributed by atoms with Crippen molar-refractivity contribution in [3.63, 3.8) is 0 Å². The maximum absolute atomic E-state index is 14.3. The Kier molecular flexibility index (Phi) is 7.93. The molecular formula is C30H47N5O4S. The number of carbonyl (C=O) groups is 4. The van der Waals surface area contributed by atoms with Gasteiger partial charge in [0, 0.05) is 17.3 Å². The Balaban J connectivity index is 1.59. The summed E-state index contributed by atoms with van der Waals surface area (Å²) < 4.78 is 0. The lowest BCUT2D eigenvalue weighted by Crippen LogP contribution is -2.56. The Bertz CT molecular complexity index is 1180. The summed E-state index contributed by atoms with van der Waals surface area (Å²) in [6.45, 7) is 17.1. The average molecular weight is 574 g/mol. The van der Waals surface area contributed by atoms with E-state index in [2.05, 4.69) is 45.3 Å². The van der Waals surface area contributed by atoms with Crippen molar-refractivity contribution in [1.82, 2.24) is 15.2 Å². The van der Waals surface area contributed by atoms with Crippen molar-refractivity contribution < 1.29 is 19.2 Å². The summed E-state index contributed by atoms with van der Waals surface area (Å²) in [7, 11) is 0. The van der Waals surface area contributed by atoms with Gasteiger partial charge in [-0.05, 0) is 41.4 Å². The largest absolute Gasteiger partial charge is 0.363 e. The molecule has 1 aliphatic heterocycles. The lowest BCUT2D eigenvalue weighted by atomic mass is 9.80. The molecule has 2 heterocycles. The molecule has 222 valence electrons. The standard InChI is InChI=1S/C30H47N5O4S/c1-27(2,3)20-14-40-26(33-20)34-22(28(4,5)6)25(39)35-16-30(15-29(30,7)8)13-19(35)24(38)32-18(21(36)23(31)37)12-17-10-9-11-17/h14,17-19,22H,9-13,15-16H2,1-8H3,(H2,31,37)(H,32,38)(H,33,34)/t18?,19-,22+,30?/m0/s1. The summed E-state index contributed by atoms with van der Waals surface area (Å²) in [6, 6.07) is -2.30. The van der Waals surface area contributed by atoms with Gasteiger partial charge in [-0.15, -0.1) is 11.3 Å². The maximum Gasteiger partial charge on any atom is 0.287 e. The third-order valence-corrected chi connectivity index (χ3v) is 10.2. The van der Waals surface area contributed by atoms with E-state index in [0.717, 1.165) is 31.4 Å². The van der Waals surface area contributed by atoms with Crippen LogP contribution in [-0.4, -0.2) is 58.1 Å². The topological polar surface area (TPSA) is 134 Å². The first-order valence-electron chi connectivity index (χ1n) is 14.5. The van der Waals surface area contributed by atoms with Crippen LogP contribution in [0.3, 0.4) is 0 Å². The molecule has 3 fully saturated rings. The number of rotatable bonds is 9. The van der Waals surface area contributed by atoms with E-state index in [9.17, 15) is 19.2 Å². The SMILES string of the molecule is CC(C)(C)c1csc(N[C@H](C(=O)N2CC3(C[C@H]2C(=O)NC(CC2CCC2)C(=O)C(N)=O)CC3(C)C)C(C)(C)C)n1. The molecule has 1 spiro atoms. The molecule has 2 unspecified atom stereocenters. The maximum atomic E-state index is 14.3. The Morgan fingerprint density at radius 2 is 1.77 bits per heavy atom. The van der Waals surface area contributed by atoms with Gasteiger partial charge in [-0.3, -0.25) is 19.2 Å². The van der Waals surface area contributed by atoms with Crippen LogP contribution in [0.2, 0.25) is 0 Å². The molecule has 4 atom stereocenters. The molecule has 40 heavy (non-hydrogen) atoms. The lowest BCUT2D eigenvalue weighted by molar-refractivity contribution is -0.142. The second kappa shape index (κ2) is 10.4. The zero-order chi connectivity index (χ0) is 29.8. The highest BCUT2D eigenvalue weighted by molar-refractivity contribution is 7.13. The van der Waals surface area contributed by atoms with Crippen molar-refractivity contribution in [3.05, 3.63) is 11.1 Å². The van der Waals surface area contributed by atoms with Crippen LogP contribution in [0.15, 0.2) is 5.38 Å². The van der Waals surface area contributed by atoms with Gasteiger partial charge in [-0.2, -0.15) is 0 Å². The van der Waals surface area contributed by atoms with Gasteiger partial charge in [0.1, 0.15) is 12.1 Å². The fourth-order valence-electron chi connectivity index (χ4n) is 6.22. The smallest absolute Gasteiger partial charge is 0.287 e. The number of ketones is 1. The Hall–Kier alpha value is -2.49. The monoisotopic (exact) mass is 573 g/mol. The number of primary amides is 1. The van der Waals surface area contributed by atoms with Gasteiger partial charge in [-0.1, -0.05) is 74.7 Å². The first-order chi connectivity index (χ1) is 18.3. The Morgan fingerprint density at radius 1 is 1.15 bits per heavy atom. The number of amides is 3. The number of carbonyl (C=O) groups excluding carboxylic acids is 4. The van der Waals surface area contributed by atoms with Gasteiger partial charge < -0.3 is 21.3 Å². The van der Waals surface area contributed by atoms with Gasteiger partial charge in [0.05, 0.1) is 11.7 Å². The number of hydrogen-bond acceptors (Lipinski definition) is 7. The quantitative estimate of drug-likeness (QED) is 0.382. The van der Waals surface area contributed by atoms with E-state index in [1.54, 1.807) is 4.90 Å². The number of hydrogen-bond donors (Lipinski definition) is 3. The highest BCUT2D eigenvalue weighted by Gasteiger charge is 2.67. The minimum absolute atomic E-state index is 0.0104. The lowest BCUT2D eigenvalue weighted by Gasteiger charge is -2.36. The normalized spacial score (nSPS) is 25.7. The molecule has 0 bridgehead atoms. The summed E-state index contributed by atoms with van der Waals surface area (Å²) in [4.78, 5) is 59.0. The summed E-state index contributed by atoms with van der Waals surface area (Å²) in [5.41, 5.74) is 5.58. The van der Waals surface area contributed by atoms with Crippen LogP contribution in [0.4, 0.5) is 5.13 Å². The second-order valence-electron chi connectivity index (χ2n) is 15.1. The summed E-state index contributed by atoms with van der Waals surface area (Å²) >= 11 is 1.47. The molecule has 4 rings (SSSR count). The molecule has 1 aromatic heterocycles. The number of aromatic nitrogens is 1. The molecule has 10 heteroatoms. The van der Waals surface area contributed by atoms with E-state index in [0.29, 0.717) is 24.5 Å². The molecule has 0 aromatic carbocycles.